The van der Waals surface area contributed by atoms with Crippen LogP contribution in [0.25, 0.3) is 11.5 Å². The molecule has 0 saturated heterocycles. The Bertz CT molecular complexity index is 1020. The summed E-state index contributed by atoms with van der Waals surface area (Å²) in [6.07, 6.45) is 1.78. The lowest BCUT2D eigenvalue weighted by Gasteiger charge is -2.05. The highest BCUT2D eigenvalue weighted by molar-refractivity contribution is 7.91. The van der Waals surface area contributed by atoms with Crippen molar-refractivity contribution < 1.29 is 17.2 Å². The Kier molecular flexibility index (Phi) is 5.82. The van der Waals surface area contributed by atoms with Gasteiger partial charge in [0.15, 0.2) is 0 Å². The highest BCUT2D eigenvalue weighted by Gasteiger charge is 2.28. The van der Waals surface area contributed by atoms with E-state index in [1.165, 1.54) is 12.1 Å². The van der Waals surface area contributed by atoms with Crippen molar-refractivity contribution in [3.8, 4) is 11.5 Å². The number of benzene rings is 2. The summed E-state index contributed by atoms with van der Waals surface area (Å²) in [6, 6.07) is 11.3. The van der Waals surface area contributed by atoms with Gasteiger partial charge in [-0.2, -0.15) is 4.98 Å². The van der Waals surface area contributed by atoms with Crippen molar-refractivity contribution in [2.75, 3.05) is 11.9 Å². The van der Waals surface area contributed by atoms with E-state index in [1.807, 2.05) is 6.92 Å². The zero-order valence-corrected chi connectivity index (χ0v) is 16.1. The van der Waals surface area contributed by atoms with E-state index in [0.29, 0.717) is 17.1 Å². The van der Waals surface area contributed by atoms with E-state index in [9.17, 15) is 12.8 Å². The van der Waals surface area contributed by atoms with Gasteiger partial charge in [0.05, 0.1) is 4.90 Å². The summed E-state index contributed by atoms with van der Waals surface area (Å²) in [6.45, 7) is 2.56. The highest BCUT2D eigenvalue weighted by Crippen LogP contribution is 2.32. The Morgan fingerprint density at radius 3 is 2.41 bits per heavy atom. The summed E-state index contributed by atoms with van der Waals surface area (Å²) in [4.78, 5) is 4.15. The third-order valence-electron chi connectivity index (χ3n) is 3.88. The molecule has 0 atom stereocenters. The van der Waals surface area contributed by atoms with Gasteiger partial charge in [0.1, 0.15) is 5.82 Å². The van der Waals surface area contributed by atoms with Crippen LogP contribution < -0.4 is 5.32 Å². The number of nitrogens with one attached hydrogen (secondary N) is 1. The Labute approximate surface area is 162 Å². The molecule has 8 heteroatoms. The maximum absolute atomic E-state index is 13.2. The first-order valence-electron chi connectivity index (χ1n) is 8.43. The van der Waals surface area contributed by atoms with Crippen LogP contribution in [0.15, 0.2) is 62.9 Å². The van der Waals surface area contributed by atoms with Crippen LogP contribution in [0.4, 0.5) is 10.3 Å². The molecule has 5 nitrogen and oxygen atoms in total. The normalized spacial score (nSPS) is 11.5. The first-order valence-corrected chi connectivity index (χ1v) is 10.3. The maximum Gasteiger partial charge on any atom is 0.233 e. The topological polar surface area (TPSA) is 72.2 Å². The molecule has 0 aliphatic rings. The fraction of sp³-hybridized carbons (Fsp3) is 0.211. The second-order valence-corrected chi connectivity index (χ2v) is 8.20. The second kappa shape index (κ2) is 8.10. The SMILES string of the molecule is CCCCNc1oc(-c2ccc(Cl)cc2)nc1S(=O)(=O)c1ccc(F)cc1. The van der Waals surface area contributed by atoms with E-state index in [1.54, 1.807) is 24.3 Å². The molecule has 0 aliphatic carbocycles. The summed E-state index contributed by atoms with van der Waals surface area (Å²) in [5.41, 5.74) is 0.596. The largest absolute Gasteiger partial charge is 0.419 e. The molecule has 0 amide bonds. The standard InChI is InChI=1S/C19H18ClFN2O3S/c1-2-3-12-22-18-19(27(24,25)16-10-8-15(21)9-11-16)23-17(26-18)13-4-6-14(20)7-5-13/h4-11,22H,2-3,12H2,1H3. The summed E-state index contributed by atoms with van der Waals surface area (Å²) < 4.78 is 44.9. The number of aromatic nitrogens is 1. The van der Waals surface area contributed by atoms with Gasteiger partial charge in [0.2, 0.25) is 26.6 Å². The minimum Gasteiger partial charge on any atom is -0.419 e. The highest BCUT2D eigenvalue weighted by atomic mass is 35.5. The van der Waals surface area contributed by atoms with Gasteiger partial charge >= 0.3 is 0 Å². The number of sulfone groups is 1. The Morgan fingerprint density at radius 2 is 1.78 bits per heavy atom. The summed E-state index contributed by atoms with van der Waals surface area (Å²) in [7, 11) is -3.98. The van der Waals surface area contributed by atoms with E-state index in [4.69, 9.17) is 16.0 Å². The lowest BCUT2D eigenvalue weighted by atomic mass is 10.2. The van der Waals surface area contributed by atoms with Crippen LogP contribution in [0.2, 0.25) is 5.02 Å². The summed E-state index contributed by atoms with van der Waals surface area (Å²) in [5, 5.41) is 3.31. The van der Waals surface area contributed by atoms with Crippen LogP contribution >= 0.6 is 11.6 Å². The number of oxazole rings is 1. The molecule has 2 aromatic carbocycles. The molecule has 0 bridgehead atoms. The van der Waals surface area contributed by atoms with Crippen LogP contribution in [0, 0.1) is 5.82 Å². The van der Waals surface area contributed by atoms with Crippen molar-refractivity contribution in [3.63, 3.8) is 0 Å². The molecule has 1 N–H and O–H groups in total. The van der Waals surface area contributed by atoms with Gasteiger partial charge in [0.25, 0.3) is 0 Å². The lowest BCUT2D eigenvalue weighted by molar-refractivity contribution is 0.575. The summed E-state index contributed by atoms with van der Waals surface area (Å²) >= 11 is 5.90. The molecule has 0 radical (unpaired) electrons. The van der Waals surface area contributed by atoms with Crippen LogP contribution in [-0.4, -0.2) is 19.9 Å². The second-order valence-electron chi connectivity index (χ2n) is 5.90. The number of nitrogens with zero attached hydrogens (tertiary/aromatic N) is 1. The molecular weight excluding hydrogens is 391 g/mol. The van der Waals surface area contributed by atoms with Gasteiger partial charge < -0.3 is 9.73 Å². The van der Waals surface area contributed by atoms with Gasteiger partial charge in [-0.3, -0.25) is 0 Å². The number of hydrogen-bond donors (Lipinski definition) is 1. The molecule has 27 heavy (non-hydrogen) atoms. The van der Waals surface area contributed by atoms with E-state index < -0.39 is 15.7 Å². The first-order chi connectivity index (χ1) is 12.9. The Balaban J connectivity index is 2.06. The van der Waals surface area contributed by atoms with Crippen LogP contribution in [0.3, 0.4) is 0 Å². The van der Waals surface area contributed by atoms with Gasteiger partial charge in [0, 0.05) is 17.1 Å². The van der Waals surface area contributed by atoms with Crippen molar-refractivity contribution >= 4 is 27.3 Å². The lowest BCUT2D eigenvalue weighted by Crippen LogP contribution is -2.08. The van der Waals surface area contributed by atoms with E-state index >= 15 is 0 Å². The van der Waals surface area contributed by atoms with E-state index in [2.05, 4.69) is 10.3 Å². The first kappa shape index (κ1) is 19.4. The zero-order chi connectivity index (χ0) is 19.4. The molecule has 0 spiro atoms. The van der Waals surface area contributed by atoms with Crippen molar-refractivity contribution in [2.24, 2.45) is 0 Å². The predicted molar refractivity (Wildman–Crippen MR) is 102 cm³/mol. The van der Waals surface area contributed by atoms with Gasteiger partial charge in [-0.25, -0.2) is 12.8 Å². The van der Waals surface area contributed by atoms with Crippen LogP contribution in [0.1, 0.15) is 19.8 Å². The molecule has 1 aromatic heterocycles. The fourth-order valence-corrected chi connectivity index (χ4v) is 3.82. The predicted octanol–water partition coefficient (Wildman–Crippen LogP) is 5.18. The molecule has 0 aliphatic heterocycles. The average Bonchev–Trinajstić information content (AvgIpc) is 3.08. The molecule has 1 heterocycles. The number of hydrogen-bond acceptors (Lipinski definition) is 5. The smallest absolute Gasteiger partial charge is 0.233 e. The number of anilines is 1. The number of halogens is 2. The van der Waals surface area contributed by atoms with Crippen LogP contribution in [-0.2, 0) is 9.84 Å². The molecule has 0 saturated carbocycles. The molecule has 3 aromatic rings. The zero-order valence-electron chi connectivity index (χ0n) is 14.6. The third-order valence-corrected chi connectivity index (χ3v) is 5.81. The maximum atomic E-state index is 13.2. The molecule has 3 rings (SSSR count). The number of unbranched alkanes of at least 4 members (excludes halogenated alkanes) is 1. The van der Waals surface area contributed by atoms with Gasteiger partial charge in [-0.05, 0) is 55.0 Å². The molecular formula is C19H18ClFN2O3S. The molecule has 142 valence electrons. The fourth-order valence-electron chi connectivity index (χ4n) is 2.42. The minimum atomic E-state index is -3.98. The van der Waals surface area contributed by atoms with Crippen LogP contribution in [0.5, 0.6) is 0 Å². The molecule has 0 unspecified atom stereocenters. The van der Waals surface area contributed by atoms with E-state index in [-0.39, 0.29) is 21.7 Å². The quantitative estimate of drug-likeness (QED) is 0.430. The van der Waals surface area contributed by atoms with Gasteiger partial charge in [-0.15, -0.1) is 0 Å². The molecule has 0 fully saturated rings. The van der Waals surface area contributed by atoms with Crippen molar-refractivity contribution in [3.05, 3.63) is 59.4 Å². The monoisotopic (exact) mass is 408 g/mol. The summed E-state index contributed by atoms with van der Waals surface area (Å²) in [5.74, 6) is -0.290. The Hall–Kier alpha value is -2.38. The van der Waals surface area contributed by atoms with Crippen molar-refractivity contribution in [1.82, 2.24) is 4.98 Å². The third kappa shape index (κ3) is 4.31. The Morgan fingerprint density at radius 1 is 1.11 bits per heavy atom. The van der Waals surface area contributed by atoms with E-state index in [0.717, 1.165) is 25.0 Å². The minimum absolute atomic E-state index is 0.0570. The van der Waals surface area contributed by atoms with Crippen molar-refractivity contribution in [2.45, 2.75) is 29.7 Å². The number of rotatable bonds is 7. The van der Waals surface area contributed by atoms with Crippen molar-refractivity contribution in [1.29, 1.82) is 0 Å². The van der Waals surface area contributed by atoms with Gasteiger partial charge in [-0.1, -0.05) is 24.9 Å². The average molecular weight is 409 g/mol.